The van der Waals surface area contributed by atoms with Crippen molar-refractivity contribution >= 4 is 0 Å². The summed E-state index contributed by atoms with van der Waals surface area (Å²) in [6.45, 7) is 3.06. The molecule has 4 nitrogen and oxygen atoms in total. The highest BCUT2D eigenvalue weighted by Gasteiger charge is 2.13. The highest BCUT2D eigenvalue weighted by atomic mass is 16.2. The second-order valence-corrected chi connectivity index (χ2v) is 3.40. The van der Waals surface area contributed by atoms with Gasteiger partial charge in [-0.05, 0) is 12.8 Å². The van der Waals surface area contributed by atoms with E-state index in [-0.39, 0.29) is 6.61 Å². The third kappa shape index (κ3) is 1.89. The molecule has 0 unspecified atom stereocenters. The number of hydrogen-bond acceptors (Lipinski definition) is 3. The molecule has 0 radical (unpaired) electrons. The summed E-state index contributed by atoms with van der Waals surface area (Å²) < 4.78 is 1.99. The van der Waals surface area contributed by atoms with E-state index in [4.69, 9.17) is 5.11 Å². The lowest BCUT2D eigenvalue weighted by atomic mass is 10.3. The van der Waals surface area contributed by atoms with Gasteiger partial charge in [-0.25, -0.2) is 0 Å². The Bertz CT molecular complexity index is 261. The topological polar surface area (TPSA) is 50.1 Å². The Labute approximate surface area is 77.6 Å². The van der Waals surface area contributed by atoms with Crippen LogP contribution >= 0.6 is 0 Å². The zero-order chi connectivity index (χ0) is 9.10. The molecule has 0 bridgehead atoms. The lowest BCUT2D eigenvalue weighted by Gasteiger charge is -1.99. The fourth-order valence-electron chi connectivity index (χ4n) is 1.61. The maximum absolute atomic E-state index is 8.62. The van der Waals surface area contributed by atoms with Crippen molar-refractivity contribution in [2.75, 3.05) is 6.61 Å². The molecule has 0 amide bonds. The van der Waals surface area contributed by atoms with E-state index in [0.29, 0.717) is 0 Å². The number of unbranched alkanes of at least 4 members (excludes halogenated alkanes) is 1. The van der Waals surface area contributed by atoms with E-state index in [1.54, 1.807) is 0 Å². The molecule has 0 aliphatic carbocycles. The van der Waals surface area contributed by atoms with Crippen molar-refractivity contribution in [1.82, 2.24) is 15.1 Å². The summed E-state index contributed by atoms with van der Waals surface area (Å²) in [6.07, 6.45) is 3.97. The van der Waals surface area contributed by atoms with Crippen LogP contribution in [0.15, 0.2) is 6.20 Å². The van der Waals surface area contributed by atoms with E-state index in [1.807, 2.05) is 4.68 Å². The third-order valence-electron chi connectivity index (χ3n) is 2.33. The van der Waals surface area contributed by atoms with Crippen LogP contribution < -0.4 is 5.32 Å². The number of aliphatic hydroxyl groups excluding tert-OH is 1. The first kappa shape index (κ1) is 8.72. The van der Waals surface area contributed by atoms with Crippen LogP contribution in [0.1, 0.15) is 24.1 Å². The number of aliphatic hydroxyl groups is 1. The summed E-state index contributed by atoms with van der Waals surface area (Å²) in [5.74, 6) is 0. The maximum atomic E-state index is 8.62. The van der Waals surface area contributed by atoms with Gasteiger partial charge in [0.1, 0.15) is 0 Å². The molecule has 13 heavy (non-hydrogen) atoms. The van der Waals surface area contributed by atoms with Crippen LogP contribution in [0.5, 0.6) is 0 Å². The predicted octanol–water partition coefficient (Wildman–Crippen LogP) is 0.259. The smallest absolute Gasteiger partial charge is 0.0807 e. The summed E-state index contributed by atoms with van der Waals surface area (Å²) in [5.41, 5.74) is 2.51. The number of aromatic nitrogens is 2. The molecule has 0 atom stereocenters. The second-order valence-electron chi connectivity index (χ2n) is 3.40. The molecule has 1 aliphatic heterocycles. The van der Waals surface area contributed by atoms with Crippen LogP contribution in [0.25, 0.3) is 0 Å². The van der Waals surface area contributed by atoms with Crippen LogP contribution in [0.2, 0.25) is 0 Å². The first-order valence-electron chi connectivity index (χ1n) is 4.77. The van der Waals surface area contributed by atoms with Crippen LogP contribution in [0.4, 0.5) is 0 Å². The molecule has 1 aromatic rings. The minimum absolute atomic E-state index is 0.280. The van der Waals surface area contributed by atoms with E-state index < -0.39 is 0 Å². The maximum Gasteiger partial charge on any atom is 0.0807 e. The quantitative estimate of drug-likeness (QED) is 0.655. The van der Waals surface area contributed by atoms with Gasteiger partial charge in [-0.1, -0.05) is 0 Å². The van der Waals surface area contributed by atoms with Crippen molar-refractivity contribution in [3.05, 3.63) is 17.5 Å². The molecule has 1 aromatic heterocycles. The third-order valence-corrected chi connectivity index (χ3v) is 2.33. The normalized spacial score (nSPS) is 14.8. The summed E-state index contributed by atoms with van der Waals surface area (Å²) in [4.78, 5) is 0. The number of rotatable bonds is 4. The zero-order valence-electron chi connectivity index (χ0n) is 7.66. The highest BCUT2D eigenvalue weighted by Crippen LogP contribution is 2.12. The molecule has 1 aliphatic rings. The molecule has 0 spiro atoms. The van der Waals surface area contributed by atoms with Crippen molar-refractivity contribution in [1.29, 1.82) is 0 Å². The van der Waals surface area contributed by atoms with Crippen LogP contribution in [0.3, 0.4) is 0 Å². The van der Waals surface area contributed by atoms with Gasteiger partial charge in [-0.2, -0.15) is 5.10 Å². The number of nitrogens with one attached hydrogen (secondary N) is 1. The standard InChI is InChI=1S/C9H15N3O/c13-4-2-1-3-12-7-8-5-10-6-9(8)11-12/h7,10,13H,1-6H2. The molecule has 4 heteroatoms. The van der Waals surface area contributed by atoms with Crippen LogP contribution in [-0.4, -0.2) is 21.5 Å². The Morgan fingerprint density at radius 1 is 1.46 bits per heavy atom. The van der Waals surface area contributed by atoms with Gasteiger partial charge in [0.05, 0.1) is 5.69 Å². The Morgan fingerprint density at radius 3 is 3.15 bits per heavy atom. The van der Waals surface area contributed by atoms with Crippen molar-refractivity contribution in [3.63, 3.8) is 0 Å². The van der Waals surface area contributed by atoms with Gasteiger partial charge in [0, 0.05) is 38.0 Å². The molecular formula is C9H15N3O. The van der Waals surface area contributed by atoms with E-state index in [0.717, 1.165) is 32.5 Å². The van der Waals surface area contributed by atoms with Crippen molar-refractivity contribution in [3.8, 4) is 0 Å². The predicted molar refractivity (Wildman–Crippen MR) is 49.1 cm³/mol. The van der Waals surface area contributed by atoms with Gasteiger partial charge in [0.25, 0.3) is 0 Å². The number of nitrogens with zero attached hydrogens (tertiary/aromatic N) is 2. The first-order chi connectivity index (χ1) is 6.40. The molecule has 2 N–H and O–H groups in total. The molecule has 2 heterocycles. The first-order valence-corrected chi connectivity index (χ1v) is 4.77. The van der Waals surface area contributed by atoms with Crippen LogP contribution in [-0.2, 0) is 19.6 Å². The summed E-state index contributed by atoms with van der Waals surface area (Å²) >= 11 is 0. The van der Waals surface area contributed by atoms with E-state index >= 15 is 0 Å². The SMILES string of the molecule is OCCCCn1cc2c(n1)CNC2. The minimum atomic E-state index is 0.280. The molecular weight excluding hydrogens is 166 g/mol. The molecule has 72 valence electrons. The fourth-order valence-corrected chi connectivity index (χ4v) is 1.61. The Kier molecular flexibility index (Phi) is 2.61. The zero-order valence-corrected chi connectivity index (χ0v) is 7.66. The summed E-state index contributed by atoms with van der Waals surface area (Å²) in [5, 5.41) is 16.3. The number of hydrogen-bond donors (Lipinski definition) is 2. The van der Waals surface area contributed by atoms with E-state index in [9.17, 15) is 0 Å². The van der Waals surface area contributed by atoms with E-state index in [2.05, 4.69) is 16.6 Å². The monoisotopic (exact) mass is 181 g/mol. The largest absolute Gasteiger partial charge is 0.396 e. The van der Waals surface area contributed by atoms with Crippen LogP contribution in [0, 0.1) is 0 Å². The van der Waals surface area contributed by atoms with Crippen molar-refractivity contribution in [2.24, 2.45) is 0 Å². The van der Waals surface area contributed by atoms with E-state index in [1.165, 1.54) is 11.3 Å². The Hall–Kier alpha value is -0.870. The second kappa shape index (κ2) is 3.89. The van der Waals surface area contributed by atoms with Gasteiger partial charge in [-0.3, -0.25) is 4.68 Å². The molecule has 2 rings (SSSR count). The lowest BCUT2D eigenvalue weighted by molar-refractivity contribution is 0.280. The van der Waals surface area contributed by atoms with Gasteiger partial charge in [-0.15, -0.1) is 0 Å². The molecule has 0 aromatic carbocycles. The number of aryl methyl sites for hydroxylation is 1. The average molecular weight is 181 g/mol. The van der Waals surface area contributed by atoms with Gasteiger partial charge in [0.15, 0.2) is 0 Å². The van der Waals surface area contributed by atoms with Gasteiger partial charge >= 0.3 is 0 Å². The summed E-state index contributed by atoms with van der Waals surface area (Å²) in [7, 11) is 0. The Morgan fingerprint density at radius 2 is 2.38 bits per heavy atom. The average Bonchev–Trinajstić information content (AvgIpc) is 2.64. The molecule has 0 saturated heterocycles. The van der Waals surface area contributed by atoms with Crippen molar-refractivity contribution < 1.29 is 5.11 Å². The van der Waals surface area contributed by atoms with Gasteiger partial charge in [0.2, 0.25) is 0 Å². The lowest BCUT2D eigenvalue weighted by Crippen LogP contribution is -2.06. The highest BCUT2D eigenvalue weighted by molar-refractivity contribution is 5.20. The number of fused-ring (bicyclic) bond motifs is 1. The Balaban J connectivity index is 1.91. The molecule has 0 fully saturated rings. The minimum Gasteiger partial charge on any atom is -0.396 e. The van der Waals surface area contributed by atoms with Crippen molar-refractivity contribution in [2.45, 2.75) is 32.5 Å². The van der Waals surface area contributed by atoms with Gasteiger partial charge < -0.3 is 10.4 Å². The summed E-state index contributed by atoms with van der Waals surface area (Å²) in [6, 6.07) is 0. The molecule has 0 saturated carbocycles. The fraction of sp³-hybridized carbons (Fsp3) is 0.667.